The maximum absolute atomic E-state index is 13.4. The third-order valence-electron chi connectivity index (χ3n) is 2.38. The molecule has 1 aromatic carbocycles. The van der Waals surface area contributed by atoms with Crippen molar-refractivity contribution in [3.05, 3.63) is 28.5 Å². The first-order chi connectivity index (χ1) is 7.09. The summed E-state index contributed by atoms with van der Waals surface area (Å²) in [5.41, 5.74) is 0.551. The number of hydrogen-bond donors (Lipinski definition) is 1. The zero-order chi connectivity index (χ0) is 11.0. The molecule has 1 aliphatic heterocycles. The van der Waals surface area contributed by atoms with Crippen LogP contribution < -0.4 is 4.74 Å². The molecule has 1 atom stereocenters. The second kappa shape index (κ2) is 3.70. The molecule has 1 unspecified atom stereocenters. The van der Waals surface area contributed by atoms with Crippen LogP contribution in [0.25, 0.3) is 0 Å². The third kappa shape index (κ3) is 1.77. The van der Waals surface area contributed by atoms with E-state index in [0.29, 0.717) is 5.56 Å². The summed E-state index contributed by atoms with van der Waals surface area (Å²) in [7, 11) is 0. The van der Waals surface area contributed by atoms with Crippen LogP contribution in [-0.4, -0.2) is 17.7 Å². The summed E-state index contributed by atoms with van der Waals surface area (Å²) in [6, 6.07) is 3.00. The predicted octanol–water partition coefficient (Wildman–Crippen LogP) is 2.11. The number of aliphatic carboxylic acids is 1. The molecule has 0 aromatic heterocycles. The minimum Gasteiger partial charge on any atom is -0.489 e. The topological polar surface area (TPSA) is 46.5 Å². The van der Waals surface area contributed by atoms with E-state index in [0.717, 1.165) is 0 Å². The fraction of sp³-hybridized carbons (Fsp3) is 0.300. The Labute approximate surface area is 90.4 Å². The van der Waals surface area contributed by atoms with E-state index in [1.54, 1.807) is 6.07 Å². The van der Waals surface area contributed by atoms with Gasteiger partial charge in [-0.3, -0.25) is 4.79 Å². The van der Waals surface area contributed by atoms with Gasteiger partial charge in [-0.05, 0) is 18.1 Å². The van der Waals surface area contributed by atoms with Gasteiger partial charge in [-0.1, -0.05) is 17.7 Å². The highest BCUT2D eigenvalue weighted by atomic mass is 35.5. The molecule has 5 heteroatoms. The maximum atomic E-state index is 13.4. The Balaban J connectivity index is 2.36. The van der Waals surface area contributed by atoms with Crippen LogP contribution in [0, 0.1) is 11.7 Å². The molecule has 1 N–H and O–H groups in total. The summed E-state index contributed by atoms with van der Waals surface area (Å²) in [6.45, 7) is -0.0143. The number of benzene rings is 1. The van der Waals surface area contributed by atoms with Crippen LogP contribution in [0.15, 0.2) is 12.1 Å². The van der Waals surface area contributed by atoms with Gasteiger partial charge in [-0.15, -0.1) is 0 Å². The van der Waals surface area contributed by atoms with Crippen LogP contribution in [0.4, 0.5) is 4.39 Å². The predicted molar refractivity (Wildman–Crippen MR) is 51.7 cm³/mol. The average molecular weight is 231 g/mol. The third-order valence-corrected chi connectivity index (χ3v) is 2.67. The normalized spacial score (nSPS) is 19.2. The molecule has 1 aromatic rings. The highest BCUT2D eigenvalue weighted by molar-refractivity contribution is 6.30. The summed E-state index contributed by atoms with van der Waals surface area (Å²) < 4.78 is 18.5. The van der Waals surface area contributed by atoms with Gasteiger partial charge in [0.05, 0.1) is 10.9 Å². The van der Waals surface area contributed by atoms with Crippen LogP contribution in [-0.2, 0) is 11.2 Å². The Morgan fingerprint density at radius 3 is 3.00 bits per heavy atom. The van der Waals surface area contributed by atoms with E-state index in [-0.39, 0.29) is 23.8 Å². The lowest BCUT2D eigenvalue weighted by atomic mass is 9.97. The Morgan fingerprint density at radius 1 is 1.60 bits per heavy atom. The molecule has 1 heterocycles. The molecule has 3 nitrogen and oxygen atoms in total. The standard InChI is InChI=1S/C10H8ClFO3/c11-7-2-1-5-3-6(10(13)14)4-15-9(5)8(7)12/h1-2,6H,3-4H2,(H,13,14). The molecule has 0 aliphatic carbocycles. The summed E-state index contributed by atoms with van der Waals surface area (Å²) in [5, 5.41) is 8.78. The van der Waals surface area contributed by atoms with Crippen molar-refractivity contribution in [2.75, 3.05) is 6.61 Å². The Morgan fingerprint density at radius 2 is 2.33 bits per heavy atom. The first-order valence-electron chi connectivity index (χ1n) is 4.42. The zero-order valence-corrected chi connectivity index (χ0v) is 8.42. The van der Waals surface area contributed by atoms with E-state index in [1.165, 1.54) is 6.07 Å². The van der Waals surface area contributed by atoms with Gasteiger partial charge in [0.2, 0.25) is 0 Å². The first kappa shape index (κ1) is 10.2. The number of carboxylic acids is 1. The van der Waals surface area contributed by atoms with Crippen LogP contribution >= 0.6 is 11.6 Å². The largest absolute Gasteiger partial charge is 0.489 e. The Hall–Kier alpha value is -1.29. The lowest BCUT2D eigenvalue weighted by Gasteiger charge is -2.22. The van der Waals surface area contributed by atoms with Gasteiger partial charge in [-0.2, -0.15) is 0 Å². The van der Waals surface area contributed by atoms with Crippen molar-refractivity contribution in [1.82, 2.24) is 0 Å². The van der Waals surface area contributed by atoms with Gasteiger partial charge in [0.1, 0.15) is 6.61 Å². The molecular formula is C10H8ClFO3. The van der Waals surface area contributed by atoms with Crippen LogP contribution in [0.3, 0.4) is 0 Å². The molecule has 2 rings (SSSR count). The van der Waals surface area contributed by atoms with Gasteiger partial charge in [0.15, 0.2) is 11.6 Å². The molecule has 80 valence electrons. The Bertz CT molecular complexity index is 419. The lowest BCUT2D eigenvalue weighted by Crippen LogP contribution is -2.28. The van der Waals surface area contributed by atoms with E-state index in [9.17, 15) is 9.18 Å². The zero-order valence-electron chi connectivity index (χ0n) is 7.67. The van der Waals surface area contributed by atoms with Gasteiger partial charge in [0, 0.05) is 0 Å². The first-order valence-corrected chi connectivity index (χ1v) is 4.80. The molecule has 0 amide bonds. The van der Waals surface area contributed by atoms with Crippen molar-refractivity contribution in [2.45, 2.75) is 6.42 Å². The number of carboxylic acid groups (broad SMARTS) is 1. The van der Waals surface area contributed by atoms with Crippen molar-refractivity contribution in [1.29, 1.82) is 0 Å². The Kier molecular flexibility index (Phi) is 2.52. The fourth-order valence-electron chi connectivity index (χ4n) is 1.56. The van der Waals surface area contributed by atoms with Crippen molar-refractivity contribution in [3.8, 4) is 5.75 Å². The van der Waals surface area contributed by atoms with Crippen molar-refractivity contribution in [2.24, 2.45) is 5.92 Å². The second-order valence-corrected chi connectivity index (χ2v) is 3.81. The summed E-state index contributed by atoms with van der Waals surface area (Å²) in [6.07, 6.45) is 0.277. The molecule has 0 fully saturated rings. The number of halogens is 2. The SMILES string of the molecule is O=C(O)C1COc2c(ccc(Cl)c2F)C1. The quantitative estimate of drug-likeness (QED) is 0.804. The van der Waals surface area contributed by atoms with Crippen molar-refractivity contribution >= 4 is 17.6 Å². The average Bonchev–Trinajstić information content (AvgIpc) is 2.23. The summed E-state index contributed by atoms with van der Waals surface area (Å²) in [4.78, 5) is 10.7. The molecule has 15 heavy (non-hydrogen) atoms. The molecule has 0 bridgehead atoms. The van der Waals surface area contributed by atoms with E-state index in [4.69, 9.17) is 21.4 Å². The molecule has 0 spiro atoms. The highest BCUT2D eigenvalue weighted by Gasteiger charge is 2.28. The monoisotopic (exact) mass is 230 g/mol. The van der Waals surface area contributed by atoms with E-state index < -0.39 is 17.7 Å². The van der Waals surface area contributed by atoms with Crippen LogP contribution in [0.5, 0.6) is 5.75 Å². The van der Waals surface area contributed by atoms with Crippen LogP contribution in [0.1, 0.15) is 5.56 Å². The minimum absolute atomic E-state index is 0.0116. The van der Waals surface area contributed by atoms with Gasteiger partial charge >= 0.3 is 5.97 Å². The van der Waals surface area contributed by atoms with Gasteiger partial charge < -0.3 is 9.84 Å². The number of carbonyl (C=O) groups is 1. The number of ether oxygens (including phenoxy) is 1. The second-order valence-electron chi connectivity index (χ2n) is 3.40. The number of hydrogen-bond acceptors (Lipinski definition) is 2. The molecule has 0 saturated carbocycles. The number of rotatable bonds is 1. The minimum atomic E-state index is -0.934. The van der Waals surface area contributed by atoms with E-state index >= 15 is 0 Å². The lowest BCUT2D eigenvalue weighted by molar-refractivity contribution is -0.143. The smallest absolute Gasteiger partial charge is 0.310 e. The number of fused-ring (bicyclic) bond motifs is 1. The fourth-order valence-corrected chi connectivity index (χ4v) is 1.70. The van der Waals surface area contributed by atoms with Crippen LogP contribution in [0.2, 0.25) is 5.02 Å². The summed E-state index contributed by atoms with van der Waals surface area (Å²) in [5.74, 6) is -2.08. The molecule has 0 saturated heterocycles. The molecule has 1 aliphatic rings. The maximum Gasteiger partial charge on any atom is 0.310 e. The van der Waals surface area contributed by atoms with Crippen molar-refractivity contribution in [3.63, 3.8) is 0 Å². The van der Waals surface area contributed by atoms with Gasteiger partial charge in [-0.25, -0.2) is 4.39 Å². The summed E-state index contributed by atoms with van der Waals surface area (Å²) >= 11 is 5.57. The van der Waals surface area contributed by atoms with Crippen molar-refractivity contribution < 1.29 is 19.0 Å². The highest BCUT2D eigenvalue weighted by Crippen LogP contribution is 2.33. The van der Waals surface area contributed by atoms with E-state index in [1.807, 2.05) is 0 Å². The van der Waals surface area contributed by atoms with E-state index in [2.05, 4.69) is 0 Å². The molecule has 0 radical (unpaired) electrons. The van der Waals surface area contributed by atoms with Gasteiger partial charge in [0.25, 0.3) is 0 Å². The molecular weight excluding hydrogens is 223 g/mol.